The van der Waals surface area contributed by atoms with Gasteiger partial charge < -0.3 is 15.1 Å². The number of phenols is 1. The Morgan fingerprint density at radius 3 is 2.80 bits per heavy atom. The normalized spacial score (nSPS) is 20.2. The Labute approximate surface area is 120 Å². The monoisotopic (exact) mass is 277 g/mol. The zero-order valence-electron chi connectivity index (χ0n) is 12.4. The van der Waals surface area contributed by atoms with Crippen LogP contribution in [-0.2, 0) is 0 Å². The van der Waals surface area contributed by atoms with Crippen molar-refractivity contribution in [2.75, 3.05) is 6.54 Å². The summed E-state index contributed by atoms with van der Waals surface area (Å²) in [6.45, 7) is 6.16. The van der Waals surface area contributed by atoms with Gasteiger partial charge in [-0.15, -0.1) is 0 Å². The fourth-order valence-corrected chi connectivity index (χ4v) is 3.02. The number of aryl methyl sites for hydroxylation is 2. The summed E-state index contributed by atoms with van der Waals surface area (Å²) < 4.78 is 0. The van der Waals surface area contributed by atoms with E-state index in [1.807, 2.05) is 13.0 Å². The number of nitrogens with zero attached hydrogens (tertiary/aromatic N) is 1. The van der Waals surface area contributed by atoms with Crippen LogP contribution in [0.15, 0.2) is 12.1 Å². The van der Waals surface area contributed by atoms with Gasteiger partial charge in [0.05, 0.1) is 11.7 Å². The topological polar surface area (TPSA) is 60.8 Å². The highest BCUT2D eigenvalue weighted by atomic mass is 16.3. The molecule has 2 unspecified atom stereocenters. The highest BCUT2D eigenvalue weighted by Gasteiger charge is 2.31. The van der Waals surface area contributed by atoms with Crippen molar-refractivity contribution >= 4 is 5.91 Å². The maximum absolute atomic E-state index is 12.6. The number of aliphatic hydroxyl groups is 1. The molecule has 0 saturated carbocycles. The summed E-state index contributed by atoms with van der Waals surface area (Å²) >= 11 is 0. The fourth-order valence-electron chi connectivity index (χ4n) is 3.02. The van der Waals surface area contributed by atoms with E-state index in [4.69, 9.17) is 0 Å². The second-order valence-electron chi connectivity index (χ2n) is 5.86. The molecule has 2 atom stereocenters. The van der Waals surface area contributed by atoms with Gasteiger partial charge in [-0.05, 0) is 57.2 Å². The Kier molecular flexibility index (Phi) is 4.33. The van der Waals surface area contributed by atoms with Crippen LogP contribution in [0.4, 0.5) is 0 Å². The molecule has 110 valence electrons. The van der Waals surface area contributed by atoms with E-state index in [9.17, 15) is 15.0 Å². The van der Waals surface area contributed by atoms with Crippen molar-refractivity contribution in [1.82, 2.24) is 4.90 Å². The van der Waals surface area contributed by atoms with E-state index in [0.29, 0.717) is 18.5 Å². The molecule has 1 saturated heterocycles. The molecule has 20 heavy (non-hydrogen) atoms. The van der Waals surface area contributed by atoms with Gasteiger partial charge in [0.2, 0.25) is 0 Å². The summed E-state index contributed by atoms with van der Waals surface area (Å²) in [6, 6.07) is 3.67. The Hall–Kier alpha value is -1.55. The molecule has 0 bridgehead atoms. The van der Waals surface area contributed by atoms with Crippen molar-refractivity contribution < 1.29 is 15.0 Å². The number of phenolic OH excluding ortho intramolecular Hbond substituents is 1. The average molecular weight is 277 g/mol. The first-order valence-electron chi connectivity index (χ1n) is 7.19. The molecular formula is C16H23NO3. The zero-order valence-corrected chi connectivity index (χ0v) is 12.4. The summed E-state index contributed by atoms with van der Waals surface area (Å²) in [6.07, 6.45) is 2.05. The number of hydrogen-bond acceptors (Lipinski definition) is 3. The number of aliphatic hydroxyl groups excluding tert-OH is 1. The predicted octanol–water partition coefficient (Wildman–Crippen LogP) is 2.38. The third kappa shape index (κ3) is 2.96. The van der Waals surface area contributed by atoms with E-state index in [0.717, 1.165) is 24.0 Å². The van der Waals surface area contributed by atoms with Crippen LogP contribution in [0.25, 0.3) is 0 Å². The van der Waals surface area contributed by atoms with Gasteiger partial charge in [0.15, 0.2) is 0 Å². The minimum Gasteiger partial charge on any atom is -0.507 e. The molecule has 2 N–H and O–H groups in total. The lowest BCUT2D eigenvalue weighted by Crippen LogP contribution is -2.37. The summed E-state index contributed by atoms with van der Waals surface area (Å²) in [5.74, 6) is -0.0549. The molecule has 4 nitrogen and oxygen atoms in total. The summed E-state index contributed by atoms with van der Waals surface area (Å²) in [5, 5.41) is 19.7. The lowest BCUT2D eigenvalue weighted by Gasteiger charge is -2.26. The van der Waals surface area contributed by atoms with Gasteiger partial charge in [0, 0.05) is 12.6 Å². The molecule has 1 aromatic rings. The van der Waals surface area contributed by atoms with Gasteiger partial charge >= 0.3 is 0 Å². The first-order chi connectivity index (χ1) is 9.40. The minimum atomic E-state index is -0.416. The van der Waals surface area contributed by atoms with Gasteiger partial charge in [-0.2, -0.15) is 0 Å². The summed E-state index contributed by atoms with van der Waals surface area (Å²) in [4.78, 5) is 14.4. The Morgan fingerprint density at radius 1 is 1.45 bits per heavy atom. The molecule has 0 radical (unpaired) electrons. The number of benzene rings is 1. The Bertz CT molecular complexity index is 511. The number of amides is 1. The largest absolute Gasteiger partial charge is 0.507 e. The fraction of sp³-hybridized carbons (Fsp3) is 0.562. The van der Waals surface area contributed by atoms with Crippen molar-refractivity contribution in [2.45, 2.75) is 52.2 Å². The molecule has 4 heteroatoms. The highest BCUT2D eigenvalue weighted by molar-refractivity contribution is 5.97. The standard InChI is InChI=1S/C16H23NO3/c1-10-7-11(2)15(19)14(8-10)16(20)17-6-4-5-13(17)9-12(3)18/h7-8,12-13,18-19H,4-6,9H2,1-3H3. The van der Waals surface area contributed by atoms with Crippen LogP contribution in [0, 0.1) is 13.8 Å². The van der Waals surface area contributed by atoms with Gasteiger partial charge in [-0.3, -0.25) is 4.79 Å². The van der Waals surface area contributed by atoms with E-state index in [1.54, 1.807) is 24.8 Å². The quantitative estimate of drug-likeness (QED) is 0.891. The summed E-state index contributed by atoms with van der Waals surface area (Å²) in [5.41, 5.74) is 2.06. The molecule has 1 fully saturated rings. The molecule has 1 aliphatic rings. The predicted molar refractivity (Wildman–Crippen MR) is 77.9 cm³/mol. The van der Waals surface area contributed by atoms with E-state index in [1.165, 1.54) is 0 Å². The van der Waals surface area contributed by atoms with Crippen LogP contribution in [0.5, 0.6) is 5.75 Å². The van der Waals surface area contributed by atoms with Crippen LogP contribution in [0.3, 0.4) is 0 Å². The number of aromatic hydroxyl groups is 1. The lowest BCUT2D eigenvalue weighted by atomic mass is 10.0. The van der Waals surface area contributed by atoms with E-state index >= 15 is 0 Å². The maximum atomic E-state index is 12.6. The highest BCUT2D eigenvalue weighted by Crippen LogP contribution is 2.29. The average Bonchev–Trinajstić information content (AvgIpc) is 2.80. The number of rotatable bonds is 3. The molecule has 2 rings (SSSR count). The first kappa shape index (κ1) is 14.9. The van der Waals surface area contributed by atoms with Crippen LogP contribution in [0.1, 0.15) is 47.7 Å². The molecule has 0 aromatic heterocycles. The van der Waals surface area contributed by atoms with Gasteiger partial charge in [-0.25, -0.2) is 0 Å². The van der Waals surface area contributed by atoms with Crippen LogP contribution < -0.4 is 0 Å². The van der Waals surface area contributed by atoms with Crippen LogP contribution in [0.2, 0.25) is 0 Å². The number of hydrogen-bond donors (Lipinski definition) is 2. The van der Waals surface area contributed by atoms with E-state index < -0.39 is 6.10 Å². The Balaban J connectivity index is 2.27. The van der Waals surface area contributed by atoms with Gasteiger partial charge in [0.25, 0.3) is 5.91 Å². The minimum absolute atomic E-state index is 0.0720. The van der Waals surface area contributed by atoms with E-state index in [-0.39, 0.29) is 17.7 Å². The maximum Gasteiger partial charge on any atom is 0.257 e. The molecule has 1 aliphatic heterocycles. The SMILES string of the molecule is Cc1cc(C)c(O)c(C(=O)N2CCCC2CC(C)O)c1. The van der Waals surface area contributed by atoms with Crippen LogP contribution in [-0.4, -0.2) is 39.7 Å². The van der Waals surface area contributed by atoms with Crippen molar-refractivity contribution in [2.24, 2.45) is 0 Å². The summed E-state index contributed by atoms with van der Waals surface area (Å²) in [7, 11) is 0. The first-order valence-corrected chi connectivity index (χ1v) is 7.19. The number of carbonyl (C=O) groups excluding carboxylic acids is 1. The molecule has 1 amide bonds. The zero-order chi connectivity index (χ0) is 14.9. The third-order valence-corrected chi connectivity index (χ3v) is 3.93. The number of likely N-dealkylation sites (tertiary alicyclic amines) is 1. The molecule has 0 aliphatic carbocycles. The Morgan fingerprint density at radius 2 is 2.15 bits per heavy atom. The van der Waals surface area contributed by atoms with Crippen molar-refractivity contribution in [3.8, 4) is 5.75 Å². The molecule has 1 aromatic carbocycles. The number of carbonyl (C=O) groups is 1. The third-order valence-electron chi connectivity index (χ3n) is 3.93. The molecular weight excluding hydrogens is 254 g/mol. The van der Waals surface area contributed by atoms with Crippen molar-refractivity contribution in [3.05, 3.63) is 28.8 Å². The van der Waals surface area contributed by atoms with Gasteiger partial charge in [-0.1, -0.05) is 6.07 Å². The second-order valence-corrected chi connectivity index (χ2v) is 5.86. The second kappa shape index (κ2) is 5.83. The molecule has 0 spiro atoms. The van der Waals surface area contributed by atoms with Crippen molar-refractivity contribution in [1.29, 1.82) is 0 Å². The lowest BCUT2D eigenvalue weighted by molar-refractivity contribution is 0.0679. The van der Waals surface area contributed by atoms with Crippen LogP contribution >= 0.6 is 0 Å². The van der Waals surface area contributed by atoms with E-state index in [2.05, 4.69) is 0 Å². The molecule has 1 heterocycles. The van der Waals surface area contributed by atoms with Crippen molar-refractivity contribution in [3.63, 3.8) is 0 Å². The van der Waals surface area contributed by atoms with Gasteiger partial charge in [0.1, 0.15) is 5.75 Å². The smallest absolute Gasteiger partial charge is 0.257 e.